The molecular weight excluding hydrogens is 357 g/mol. The number of hydrogen-bond acceptors (Lipinski definition) is 3. The van der Waals surface area contributed by atoms with E-state index in [9.17, 15) is 4.79 Å². The summed E-state index contributed by atoms with van der Waals surface area (Å²) in [5.41, 5.74) is 0. The molecule has 0 aromatic rings. The molecule has 0 saturated heterocycles. The summed E-state index contributed by atoms with van der Waals surface area (Å²) in [7, 11) is 2.37. The largest absolute Gasteiger partial charge is 0.378 e. The molecule has 0 aromatic heterocycles. The number of allylic oxidation sites excluding steroid dienone is 1. The molecule has 25 heavy (non-hydrogen) atoms. The highest BCUT2D eigenvalue weighted by molar-refractivity contribution is 7.09. The van der Waals surface area contributed by atoms with Crippen molar-refractivity contribution < 1.29 is 14.1 Å². The van der Waals surface area contributed by atoms with Crippen molar-refractivity contribution in [2.75, 3.05) is 19.8 Å². The number of alkyl halides is 1. The fourth-order valence-corrected chi connectivity index (χ4v) is 4.89. The van der Waals surface area contributed by atoms with Crippen molar-refractivity contribution in [2.45, 2.75) is 63.4 Å². The zero-order chi connectivity index (χ0) is 18.1. The van der Waals surface area contributed by atoms with Crippen LogP contribution in [0.2, 0.25) is 0 Å². The average Bonchev–Trinajstić information content (AvgIpc) is 2.95. The maximum atomic E-state index is 12.4. The Kier molecular flexibility index (Phi) is 9.76. The van der Waals surface area contributed by atoms with Crippen molar-refractivity contribution >= 4 is 27.0 Å². The third kappa shape index (κ3) is 6.50. The van der Waals surface area contributed by atoms with E-state index in [1.54, 1.807) is 0 Å². The van der Waals surface area contributed by atoms with E-state index < -0.39 is 0 Å². The average molecular weight is 390 g/mol. The monoisotopic (exact) mass is 389 g/mol. The Labute approximate surface area is 159 Å². The molecule has 0 bridgehead atoms. The molecule has 0 aliphatic heterocycles. The highest BCUT2D eigenvalue weighted by Gasteiger charge is 2.42. The van der Waals surface area contributed by atoms with Crippen LogP contribution < -0.4 is 5.32 Å². The lowest BCUT2D eigenvalue weighted by atomic mass is 9.88. The molecule has 2 fully saturated rings. The standard InChI is InChI=1S/C19H33ClNO3P/c1-2-23-11-7-6-10-15-16(18(24-25)12-17(15)20)13-21-19(22)14-8-4-3-5-9-14/h6-7,14-18H,2-5,8-13,25H2,1H3,(H,21,22)/b7-6-/t15-,16-,17?,18?/m1/s1. The Hall–Kier alpha value is -0.150. The quantitative estimate of drug-likeness (QED) is 0.280. The summed E-state index contributed by atoms with van der Waals surface area (Å²) in [6.45, 7) is 4.01. The minimum absolute atomic E-state index is 0.0823. The molecule has 6 heteroatoms. The number of ether oxygens (including phenoxy) is 1. The van der Waals surface area contributed by atoms with E-state index >= 15 is 0 Å². The van der Waals surface area contributed by atoms with Gasteiger partial charge in [-0.05, 0) is 38.5 Å². The first-order valence-electron chi connectivity index (χ1n) is 9.67. The van der Waals surface area contributed by atoms with Gasteiger partial charge in [-0.15, -0.1) is 11.6 Å². The molecule has 1 amide bonds. The van der Waals surface area contributed by atoms with Crippen LogP contribution in [0.25, 0.3) is 0 Å². The minimum Gasteiger partial charge on any atom is -0.378 e. The third-order valence-electron chi connectivity index (χ3n) is 5.61. The van der Waals surface area contributed by atoms with Crippen LogP contribution in [0.15, 0.2) is 12.2 Å². The van der Waals surface area contributed by atoms with E-state index in [-0.39, 0.29) is 29.2 Å². The van der Waals surface area contributed by atoms with Gasteiger partial charge in [0.1, 0.15) is 0 Å². The Morgan fingerprint density at radius 2 is 2.00 bits per heavy atom. The summed E-state index contributed by atoms with van der Waals surface area (Å²) in [4.78, 5) is 12.4. The van der Waals surface area contributed by atoms with E-state index in [0.29, 0.717) is 19.1 Å². The van der Waals surface area contributed by atoms with Gasteiger partial charge in [-0.2, -0.15) is 0 Å². The van der Waals surface area contributed by atoms with Crippen LogP contribution in [0, 0.1) is 17.8 Å². The molecule has 2 rings (SSSR count). The van der Waals surface area contributed by atoms with Crippen LogP contribution >= 0.6 is 21.1 Å². The van der Waals surface area contributed by atoms with Gasteiger partial charge in [-0.3, -0.25) is 4.79 Å². The topological polar surface area (TPSA) is 47.6 Å². The van der Waals surface area contributed by atoms with Gasteiger partial charge in [-0.25, -0.2) is 0 Å². The summed E-state index contributed by atoms with van der Waals surface area (Å²) in [6.07, 6.45) is 11.7. The first-order chi connectivity index (χ1) is 12.2. The molecule has 2 saturated carbocycles. The van der Waals surface area contributed by atoms with Crippen molar-refractivity contribution in [3.63, 3.8) is 0 Å². The normalized spacial score (nSPS) is 30.8. The highest BCUT2D eigenvalue weighted by atomic mass is 35.5. The smallest absolute Gasteiger partial charge is 0.223 e. The lowest BCUT2D eigenvalue weighted by Gasteiger charge is -2.26. The van der Waals surface area contributed by atoms with Crippen LogP contribution in [-0.2, 0) is 14.1 Å². The summed E-state index contributed by atoms with van der Waals surface area (Å²) >= 11 is 6.58. The molecule has 0 aromatic carbocycles. The summed E-state index contributed by atoms with van der Waals surface area (Å²) < 4.78 is 10.9. The van der Waals surface area contributed by atoms with E-state index in [4.69, 9.17) is 20.9 Å². The van der Waals surface area contributed by atoms with Crippen molar-refractivity contribution in [1.82, 2.24) is 5.32 Å². The molecule has 4 nitrogen and oxygen atoms in total. The number of carbonyl (C=O) groups excluding carboxylic acids is 1. The van der Waals surface area contributed by atoms with Gasteiger partial charge in [0.25, 0.3) is 0 Å². The van der Waals surface area contributed by atoms with Crippen LogP contribution in [0.4, 0.5) is 0 Å². The Bertz CT molecular complexity index is 429. The van der Waals surface area contributed by atoms with Crippen LogP contribution in [0.5, 0.6) is 0 Å². The Balaban J connectivity index is 1.86. The zero-order valence-electron chi connectivity index (χ0n) is 15.3. The molecule has 144 valence electrons. The summed E-state index contributed by atoms with van der Waals surface area (Å²) in [5.74, 6) is 0.980. The summed E-state index contributed by atoms with van der Waals surface area (Å²) in [5, 5.41) is 3.27. The molecule has 0 spiro atoms. The number of rotatable bonds is 9. The first-order valence-corrected chi connectivity index (χ1v) is 10.6. The summed E-state index contributed by atoms with van der Waals surface area (Å²) in [6, 6.07) is 0. The van der Waals surface area contributed by atoms with Crippen molar-refractivity contribution in [3.05, 3.63) is 12.2 Å². The fourth-order valence-electron chi connectivity index (χ4n) is 4.11. The number of nitrogens with one attached hydrogen (secondary N) is 1. The van der Waals surface area contributed by atoms with Gasteiger partial charge in [0.15, 0.2) is 0 Å². The Morgan fingerprint density at radius 3 is 2.68 bits per heavy atom. The van der Waals surface area contributed by atoms with Gasteiger partial charge >= 0.3 is 0 Å². The van der Waals surface area contributed by atoms with Gasteiger partial charge in [0, 0.05) is 39.8 Å². The second-order valence-electron chi connectivity index (χ2n) is 7.20. The van der Waals surface area contributed by atoms with Crippen molar-refractivity contribution in [2.24, 2.45) is 17.8 Å². The van der Waals surface area contributed by atoms with E-state index in [1.807, 2.05) is 6.92 Å². The molecule has 0 heterocycles. The maximum Gasteiger partial charge on any atom is 0.223 e. The predicted molar refractivity (Wildman–Crippen MR) is 106 cm³/mol. The first kappa shape index (κ1) is 21.2. The van der Waals surface area contributed by atoms with Crippen LogP contribution in [-0.4, -0.2) is 37.1 Å². The number of hydrogen-bond donors (Lipinski definition) is 1. The van der Waals surface area contributed by atoms with Gasteiger partial charge < -0.3 is 14.6 Å². The van der Waals surface area contributed by atoms with Crippen LogP contribution in [0.1, 0.15) is 51.9 Å². The Morgan fingerprint density at radius 1 is 1.24 bits per heavy atom. The van der Waals surface area contributed by atoms with Crippen molar-refractivity contribution in [1.29, 1.82) is 0 Å². The molecule has 1 N–H and O–H groups in total. The lowest BCUT2D eigenvalue weighted by molar-refractivity contribution is -0.126. The van der Waals surface area contributed by atoms with E-state index in [2.05, 4.69) is 26.9 Å². The number of amides is 1. The van der Waals surface area contributed by atoms with E-state index in [0.717, 1.165) is 32.3 Å². The lowest BCUT2D eigenvalue weighted by Crippen LogP contribution is -2.39. The van der Waals surface area contributed by atoms with Gasteiger partial charge in [-0.1, -0.05) is 31.4 Å². The van der Waals surface area contributed by atoms with E-state index in [1.165, 1.54) is 19.3 Å². The zero-order valence-corrected chi connectivity index (χ0v) is 17.2. The fraction of sp³-hybridized carbons (Fsp3) is 0.842. The molecule has 2 aliphatic carbocycles. The molecule has 5 atom stereocenters. The molecular formula is C19H33ClNO3P. The second-order valence-corrected chi connectivity index (χ2v) is 8.03. The third-order valence-corrected chi connectivity index (χ3v) is 6.46. The second kappa shape index (κ2) is 11.5. The van der Waals surface area contributed by atoms with Crippen molar-refractivity contribution in [3.8, 4) is 0 Å². The van der Waals surface area contributed by atoms with Gasteiger partial charge in [0.2, 0.25) is 5.91 Å². The number of carbonyl (C=O) groups is 1. The SMILES string of the molecule is CCOC/C=C\C[C@H]1C(Cl)CC(OP)[C@@H]1CNC(=O)C1CCCCC1. The maximum absolute atomic E-state index is 12.4. The van der Waals surface area contributed by atoms with Gasteiger partial charge in [0.05, 0.1) is 12.7 Å². The number of halogens is 1. The molecule has 2 aliphatic rings. The van der Waals surface area contributed by atoms with Crippen LogP contribution in [0.3, 0.4) is 0 Å². The minimum atomic E-state index is 0.0823. The predicted octanol–water partition coefficient (Wildman–Crippen LogP) is 4.08. The molecule has 3 unspecified atom stereocenters. The molecule has 0 radical (unpaired) electrons. The highest BCUT2D eigenvalue weighted by Crippen LogP contribution is 2.40.